The molecule has 5 heteroatoms. The number of carboxylic acid groups (broad SMARTS) is 1. The van der Waals surface area contributed by atoms with E-state index >= 15 is 0 Å². The van der Waals surface area contributed by atoms with Crippen molar-refractivity contribution in [1.29, 1.82) is 0 Å². The van der Waals surface area contributed by atoms with E-state index in [-0.39, 0.29) is 5.56 Å². The Morgan fingerprint density at radius 2 is 2.28 bits per heavy atom. The largest absolute Gasteiger partial charge is 0.478 e. The second kappa shape index (κ2) is 4.25. The van der Waals surface area contributed by atoms with E-state index < -0.39 is 5.97 Å². The molecule has 0 spiro atoms. The first-order chi connectivity index (χ1) is 8.72. The minimum absolute atomic E-state index is 0.217. The van der Waals surface area contributed by atoms with Crippen LogP contribution in [0.4, 0.5) is 0 Å². The molecule has 0 amide bonds. The zero-order valence-corrected chi connectivity index (χ0v) is 9.67. The van der Waals surface area contributed by atoms with Crippen molar-refractivity contribution in [2.24, 2.45) is 5.92 Å². The van der Waals surface area contributed by atoms with Crippen LogP contribution in [0.2, 0.25) is 0 Å². The monoisotopic (exact) mass is 244 g/mol. The van der Waals surface area contributed by atoms with Gasteiger partial charge in [0.15, 0.2) is 5.82 Å². The van der Waals surface area contributed by atoms with Gasteiger partial charge in [0, 0.05) is 12.0 Å². The van der Waals surface area contributed by atoms with E-state index in [0.29, 0.717) is 23.2 Å². The standard InChI is InChI=1S/C13H12N2O3/c16-13(17)10-3-1-2-9(7-10)12-14-11(15-18-12)6-8-4-5-8/h1-3,7-8H,4-6H2,(H,16,17). The normalized spacial score (nSPS) is 14.7. The van der Waals surface area contributed by atoms with Crippen LogP contribution in [0.25, 0.3) is 11.5 Å². The highest BCUT2D eigenvalue weighted by molar-refractivity contribution is 5.88. The molecule has 1 saturated carbocycles. The summed E-state index contributed by atoms with van der Waals surface area (Å²) in [6.07, 6.45) is 3.32. The molecule has 92 valence electrons. The molecule has 1 aliphatic rings. The summed E-state index contributed by atoms with van der Waals surface area (Å²) in [6.45, 7) is 0. The van der Waals surface area contributed by atoms with Crippen molar-refractivity contribution in [3.8, 4) is 11.5 Å². The zero-order valence-electron chi connectivity index (χ0n) is 9.67. The first-order valence-corrected chi connectivity index (χ1v) is 5.88. The van der Waals surface area contributed by atoms with Crippen molar-refractivity contribution < 1.29 is 14.4 Å². The van der Waals surface area contributed by atoms with Gasteiger partial charge in [-0.15, -0.1) is 0 Å². The minimum Gasteiger partial charge on any atom is -0.478 e. The number of nitrogens with zero attached hydrogens (tertiary/aromatic N) is 2. The smallest absolute Gasteiger partial charge is 0.335 e. The Labute approximate surface area is 103 Å². The molecule has 0 atom stereocenters. The molecular formula is C13H12N2O3. The van der Waals surface area contributed by atoms with E-state index in [1.54, 1.807) is 12.1 Å². The van der Waals surface area contributed by atoms with Crippen molar-refractivity contribution >= 4 is 5.97 Å². The Morgan fingerprint density at radius 1 is 1.44 bits per heavy atom. The van der Waals surface area contributed by atoms with Gasteiger partial charge in [0.1, 0.15) is 0 Å². The number of hydrogen-bond donors (Lipinski definition) is 1. The van der Waals surface area contributed by atoms with Crippen LogP contribution >= 0.6 is 0 Å². The summed E-state index contributed by atoms with van der Waals surface area (Å²) in [5.41, 5.74) is 0.860. The van der Waals surface area contributed by atoms with Gasteiger partial charge < -0.3 is 9.63 Å². The maximum absolute atomic E-state index is 10.9. The molecule has 0 bridgehead atoms. The Morgan fingerprint density at radius 3 is 3.00 bits per heavy atom. The molecule has 1 aliphatic carbocycles. The highest BCUT2D eigenvalue weighted by Crippen LogP contribution is 2.32. The fourth-order valence-electron chi connectivity index (χ4n) is 1.82. The van der Waals surface area contributed by atoms with Crippen LogP contribution in [0.5, 0.6) is 0 Å². The summed E-state index contributed by atoms with van der Waals surface area (Å²) in [5, 5.41) is 12.8. The molecule has 0 radical (unpaired) electrons. The van der Waals surface area contributed by atoms with E-state index in [1.165, 1.54) is 25.0 Å². The number of carboxylic acids is 1. The maximum Gasteiger partial charge on any atom is 0.335 e. The third-order valence-corrected chi connectivity index (χ3v) is 2.99. The van der Waals surface area contributed by atoms with Crippen LogP contribution < -0.4 is 0 Å². The average Bonchev–Trinajstić information content (AvgIpc) is 3.05. The van der Waals surface area contributed by atoms with E-state index in [4.69, 9.17) is 9.63 Å². The molecule has 1 heterocycles. The van der Waals surface area contributed by atoms with Gasteiger partial charge in [-0.25, -0.2) is 4.79 Å². The van der Waals surface area contributed by atoms with Crippen molar-refractivity contribution in [2.45, 2.75) is 19.3 Å². The number of rotatable bonds is 4. The van der Waals surface area contributed by atoms with Gasteiger partial charge in [-0.3, -0.25) is 0 Å². The molecule has 1 aromatic carbocycles. The van der Waals surface area contributed by atoms with Crippen molar-refractivity contribution in [2.75, 3.05) is 0 Å². The van der Waals surface area contributed by atoms with Crippen LogP contribution in [0.3, 0.4) is 0 Å². The maximum atomic E-state index is 10.9. The third-order valence-electron chi connectivity index (χ3n) is 2.99. The van der Waals surface area contributed by atoms with Gasteiger partial charge in [-0.1, -0.05) is 11.2 Å². The summed E-state index contributed by atoms with van der Waals surface area (Å²) in [5.74, 6) is 0.817. The van der Waals surface area contributed by atoms with Crippen molar-refractivity contribution in [3.05, 3.63) is 35.7 Å². The van der Waals surface area contributed by atoms with Crippen molar-refractivity contribution in [3.63, 3.8) is 0 Å². The minimum atomic E-state index is -0.963. The first-order valence-electron chi connectivity index (χ1n) is 5.88. The molecular weight excluding hydrogens is 232 g/mol. The lowest BCUT2D eigenvalue weighted by Gasteiger charge is -1.96. The lowest BCUT2D eigenvalue weighted by molar-refractivity contribution is 0.0697. The van der Waals surface area contributed by atoms with Crippen LogP contribution in [-0.4, -0.2) is 21.2 Å². The fraction of sp³-hybridized carbons (Fsp3) is 0.308. The van der Waals surface area contributed by atoms with Crippen LogP contribution in [-0.2, 0) is 6.42 Å². The molecule has 1 aromatic heterocycles. The summed E-state index contributed by atoms with van der Waals surface area (Å²) < 4.78 is 5.16. The van der Waals surface area contributed by atoms with Crippen LogP contribution in [0.1, 0.15) is 29.0 Å². The quantitative estimate of drug-likeness (QED) is 0.893. The predicted octanol–water partition coefficient (Wildman–Crippen LogP) is 2.39. The van der Waals surface area contributed by atoms with Gasteiger partial charge in [0.2, 0.25) is 0 Å². The van der Waals surface area contributed by atoms with Gasteiger partial charge in [0.05, 0.1) is 5.56 Å². The van der Waals surface area contributed by atoms with Gasteiger partial charge in [-0.2, -0.15) is 4.98 Å². The average molecular weight is 244 g/mol. The summed E-state index contributed by atoms with van der Waals surface area (Å²) >= 11 is 0. The topological polar surface area (TPSA) is 76.2 Å². The Bertz CT molecular complexity index is 587. The van der Waals surface area contributed by atoms with E-state index in [2.05, 4.69) is 10.1 Å². The lowest BCUT2D eigenvalue weighted by atomic mass is 10.1. The van der Waals surface area contributed by atoms with E-state index in [9.17, 15) is 4.79 Å². The molecule has 0 saturated heterocycles. The summed E-state index contributed by atoms with van der Waals surface area (Å²) in [6, 6.07) is 6.51. The van der Waals surface area contributed by atoms with Gasteiger partial charge >= 0.3 is 5.97 Å². The lowest BCUT2D eigenvalue weighted by Crippen LogP contribution is -1.95. The zero-order chi connectivity index (χ0) is 12.5. The Balaban J connectivity index is 1.86. The third kappa shape index (κ3) is 2.25. The molecule has 1 N–H and O–H groups in total. The van der Waals surface area contributed by atoms with Gasteiger partial charge in [0.25, 0.3) is 5.89 Å². The van der Waals surface area contributed by atoms with Gasteiger partial charge in [-0.05, 0) is 37.0 Å². The Kier molecular flexibility index (Phi) is 2.59. The SMILES string of the molecule is O=C(O)c1cccc(-c2nc(CC3CC3)no2)c1. The van der Waals surface area contributed by atoms with Crippen molar-refractivity contribution in [1.82, 2.24) is 10.1 Å². The van der Waals surface area contributed by atoms with E-state index in [0.717, 1.165) is 6.42 Å². The molecule has 5 nitrogen and oxygen atoms in total. The Hall–Kier alpha value is -2.17. The molecule has 3 rings (SSSR count). The highest BCUT2D eigenvalue weighted by Gasteiger charge is 2.24. The first kappa shape index (κ1) is 11.0. The second-order valence-corrected chi connectivity index (χ2v) is 4.55. The van der Waals surface area contributed by atoms with Crippen LogP contribution in [0.15, 0.2) is 28.8 Å². The molecule has 18 heavy (non-hydrogen) atoms. The summed E-state index contributed by atoms with van der Waals surface area (Å²) in [4.78, 5) is 15.2. The predicted molar refractivity (Wildman–Crippen MR) is 63.1 cm³/mol. The van der Waals surface area contributed by atoms with Crippen LogP contribution in [0, 0.1) is 5.92 Å². The van der Waals surface area contributed by atoms with E-state index in [1.807, 2.05) is 0 Å². The number of hydrogen-bond acceptors (Lipinski definition) is 4. The second-order valence-electron chi connectivity index (χ2n) is 4.55. The fourth-order valence-corrected chi connectivity index (χ4v) is 1.82. The number of aromatic nitrogens is 2. The highest BCUT2D eigenvalue weighted by atomic mass is 16.5. The summed E-state index contributed by atoms with van der Waals surface area (Å²) in [7, 11) is 0. The molecule has 0 aliphatic heterocycles. The number of benzene rings is 1. The number of aromatic carboxylic acids is 1. The molecule has 0 unspecified atom stereocenters. The molecule has 2 aromatic rings. The number of carbonyl (C=O) groups is 1. The molecule has 1 fully saturated rings.